The highest BCUT2D eigenvalue weighted by atomic mass is 16.5. The van der Waals surface area contributed by atoms with Crippen LogP contribution in [0.4, 0.5) is 0 Å². The predicted molar refractivity (Wildman–Crippen MR) is 72.4 cm³/mol. The van der Waals surface area contributed by atoms with Gasteiger partial charge in [-0.15, -0.1) is 0 Å². The van der Waals surface area contributed by atoms with Crippen LogP contribution in [0.2, 0.25) is 0 Å². The molecule has 0 saturated heterocycles. The maximum Gasteiger partial charge on any atom is 0.118 e. The molecule has 1 aromatic rings. The quantitative estimate of drug-likeness (QED) is 0.754. The lowest BCUT2D eigenvalue weighted by Crippen LogP contribution is -2.34. The van der Waals surface area contributed by atoms with Crippen molar-refractivity contribution in [2.24, 2.45) is 17.3 Å². The van der Waals surface area contributed by atoms with Crippen LogP contribution in [-0.4, -0.2) is 7.11 Å². The molecule has 17 heavy (non-hydrogen) atoms. The molecule has 0 N–H and O–H groups in total. The fourth-order valence-electron chi connectivity index (χ4n) is 2.70. The number of rotatable bonds is 3. The van der Waals surface area contributed by atoms with E-state index >= 15 is 0 Å². The summed E-state index contributed by atoms with van der Waals surface area (Å²) in [5, 5.41) is 0. The molecule has 1 aliphatic carbocycles. The zero-order valence-electron chi connectivity index (χ0n) is 11.5. The molecule has 0 radical (unpaired) electrons. The summed E-state index contributed by atoms with van der Waals surface area (Å²) in [6, 6.07) is 8.52. The fraction of sp³-hybridized carbons (Fsp3) is 0.625. The summed E-state index contributed by atoms with van der Waals surface area (Å²) < 4.78 is 5.18. The molecule has 0 bridgehead atoms. The summed E-state index contributed by atoms with van der Waals surface area (Å²) in [6.45, 7) is 7.09. The summed E-state index contributed by atoms with van der Waals surface area (Å²) in [5.74, 6) is 2.77. The van der Waals surface area contributed by atoms with E-state index in [0.29, 0.717) is 5.41 Å². The minimum atomic E-state index is 0.496. The van der Waals surface area contributed by atoms with Crippen molar-refractivity contribution in [1.82, 2.24) is 0 Å². The first kappa shape index (κ1) is 12.5. The maximum absolute atomic E-state index is 5.18. The van der Waals surface area contributed by atoms with Gasteiger partial charge in [0.15, 0.2) is 0 Å². The van der Waals surface area contributed by atoms with Gasteiger partial charge in [-0.05, 0) is 54.2 Å². The fourth-order valence-corrected chi connectivity index (χ4v) is 2.70. The van der Waals surface area contributed by atoms with Crippen LogP contribution in [0, 0.1) is 17.3 Å². The second kappa shape index (κ2) is 4.72. The second-order valence-electron chi connectivity index (χ2n) is 6.45. The van der Waals surface area contributed by atoms with E-state index in [1.807, 2.05) is 0 Å². The normalized spacial score (nSPS) is 24.2. The van der Waals surface area contributed by atoms with Crippen molar-refractivity contribution in [1.29, 1.82) is 0 Å². The molecule has 1 saturated carbocycles. The van der Waals surface area contributed by atoms with Crippen LogP contribution < -0.4 is 4.74 Å². The van der Waals surface area contributed by atoms with Crippen LogP contribution in [0.3, 0.4) is 0 Å². The van der Waals surface area contributed by atoms with Gasteiger partial charge in [0.1, 0.15) is 5.75 Å². The van der Waals surface area contributed by atoms with Crippen molar-refractivity contribution in [3.63, 3.8) is 0 Å². The third-order valence-corrected chi connectivity index (χ3v) is 4.14. The predicted octanol–water partition coefficient (Wildman–Crippen LogP) is 4.31. The van der Waals surface area contributed by atoms with Gasteiger partial charge in [-0.1, -0.05) is 32.9 Å². The van der Waals surface area contributed by atoms with Crippen LogP contribution in [0.25, 0.3) is 0 Å². The Balaban J connectivity index is 1.83. The van der Waals surface area contributed by atoms with Crippen molar-refractivity contribution in [2.45, 2.75) is 40.0 Å². The van der Waals surface area contributed by atoms with Crippen molar-refractivity contribution < 1.29 is 4.74 Å². The monoisotopic (exact) mass is 232 g/mol. The van der Waals surface area contributed by atoms with E-state index in [1.165, 1.54) is 24.8 Å². The largest absolute Gasteiger partial charge is 0.497 e. The third-order valence-electron chi connectivity index (χ3n) is 4.14. The van der Waals surface area contributed by atoms with Crippen molar-refractivity contribution in [2.75, 3.05) is 7.11 Å². The first-order valence-corrected chi connectivity index (χ1v) is 6.62. The highest BCUT2D eigenvalue weighted by Gasteiger charge is 2.36. The Labute approximate surface area is 105 Å². The maximum atomic E-state index is 5.18. The highest BCUT2D eigenvalue weighted by molar-refractivity contribution is 5.27. The molecule has 1 nitrogen and oxygen atoms in total. The van der Waals surface area contributed by atoms with Crippen LogP contribution in [0.5, 0.6) is 5.75 Å². The number of hydrogen-bond donors (Lipinski definition) is 0. The van der Waals surface area contributed by atoms with Crippen LogP contribution >= 0.6 is 0 Å². The summed E-state index contributed by atoms with van der Waals surface area (Å²) in [6.07, 6.45) is 4.03. The molecule has 0 spiro atoms. The molecule has 0 atom stereocenters. The molecule has 1 heteroatoms. The van der Waals surface area contributed by atoms with Gasteiger partial charge < -0.3 is 4.74 Å². The van der Waals surface area contributed by atoms with E-state index in [1.54, 1.807) is 7.11 Å². The van der Waals surface area contributed by atoms with Gasteiger partial charge in [0.25, 0.3) is 0 Å². The molecule has 0 aliphatic heterocycles. The Morgan fingerprint density at radius 1 is 1.12 bits per heavy atom. The van der Waals surface area contributed by atoms with Crippen molar-refractivity contribution in [3.05, 3.63) is 29.8 Å². The van der Waals surface area contributed by atoms with Crippen LogP contribution in [0.1, 0.15) is 39.2 Å². The second-order valence-corrected chi connectivity index (χ2v) is 6.45. The lowest BCUT2D eigenvalue weighted by molar-refractivity contribution is 0.0762. The Bertz CT molecular complexity index is 352. The van der Waals surface area contributed by atoms with E-state index in [9.17, 15) is 0 Å². The third kappa shape index (κ3) is 3.02. The minimum absolute atomic E-state index is 0.496. The summed E-state index contributed by atoms with van der Waals surface area (Å²) in [5.41, 5.74) is 1.94. The van der Waals surface area contributed by atoms with Gasteiger partial charge >= 0.3 is 0 Å². The molecule has 0 aromatic heterocycles. The lowest BCUT2D eigenvalue weighted by Gasteiger charge is -2.44. The van der Waals surface area contributed by atoms with E-state index in [2.05, 4.69) is 45.0 Å². The molecule has 2 rings (SSSR count). The standard InChI is InChI=1S/C16H24O/c1-16(2,3)14-10-13(11-14)9-12-5-7-15(17-4)8-6-12/h5-8,13-14H,9-11H2,1-4H3. The SMILES string of the molecule is COc1ccc(CC2CC(C(C)(C)C)C2)cc1. The van der Waals surface area contributed by atoms with E-state index in [4.69, 9.17) is 4.74 Å². The first-order valence-electron chi connectivity index (χ1n) is 6.62. The van der Waals surface area contributed by atoms with E-state index in [-0.39, 0.29) is 0 Å². The summed E-state index contributed by atoms with van der Waals surface area (Å²) in [7, 11) is 1.72. The minimum Gasteiger partial charge on any atom is -0.497 e. The Morgan fingerprint density at radius 3 is 2.18 bits per heavy atom. The Hall–Kier alpha value is -0.980. The molecule has 0 amide bonds. The number of benzene rings is 1. The lowest BCUT2D eigenvalue weighted by atomic mass is 9.62. The molecule has 94 valence electrons. The molecule has 1 fully saturated rings. The first-order chi connectivity index (χ1) is 7.99. The van der Waals surface area contributed by atoms with Crippen LogP contribution in [-0.2, 0) is 6.42 Å². The van der Waals surface area contributed by atoms with Crippen LogP contribution in [0.15, 0.2) is 24.3 Å². The van der Waals surface area contributed by atoms with Crippen molar-refractivity contribution >= 4 is 0 Å². The topological polar surface area (TPSA) is 9.23 Å². The van der Waals surface area contributed by atoms with Gasteiger partial charge in [-0.25, -0.2) is 0 Å². The zero-order valence-corrected chi connectivity index (χ0v) is 11.5. The molecule has 0 heterocycles. The number of ether oxygens (including phenoxy) is 1. The molecule has 1 aromatic carbocycles. The summed E-state index contributed by atoms with van der Waals surface area (Å²) in [4.78, 5) is 0. The van der Waals surface area contributed by atoms with Gasteiger partial charge in [0.05, 0.1) is 7.11 Å². The molecule has 1 aliphatic rings. The molecular weight excluding hydrogens is 208 g/mol. The summed E-state index contributed by atoms with van der Waals surface area (Å²) >= 11 is 0. The molecule has 0 unspecified atom stereocenters. The van der Waals surface area contributed by atoms with Gasteiger partial charge in [-0.3, -0.25) is 0 Å². The average Bonchev–Trinajstić information content (AvgIpc) is 2.22. The van der Waals surface area contributed by atoms with Gasteiger partial charge in [-0.2, -0.15) is 0 Å². The van der Waals surface area contributed by atoms with Gasteiger partial charge in [0.2, 0.25) is 0 Å². The number of hydrogen-bond acceptors (Lipinski definition) is 1. The Morgan fingerprint density at radius 2 is 1.71 bits per heavy atom. The van der Waals surface area contributed by atoms with E-state index in [0.717, 1.165) is 17.6 Å². The molecular formula is C16H24O. The zero-order chi connectivity index (χ0) is 12.5. The Kier molecular flexibility index (Phi) is 3.46. The highest BCUT2D eigenvalue weighted by Crippen LogP contribution is 2.46. The average molecular weight is 232 g/mol. The van der Waals surface area contributed by atoms with Crippen molar-refractivity contribution in [3.8, 4) is 5.75 Å². The number of methoxy groups -OCH3 is 1. The van der Waals surface area contributed by atoms with E-state index < -0.39 is 0 Å². The van der Waals surface area contributed by atoms with Gasteiger partial charge in [0, 0.05) is 0 Å². The smallest absolute Gasteiger partial charge is 0.118 e.